The summed E-state index contributed by atoms with van der Waals surface area (Å²) in [4.78, 5) is 12.1. The number of nitrogens with one attached hydrogen (secondary N) is 1. The van der Waals surface area contributed by atoms with Crippen molar-refractivity contribution in [2.45, 2.75) is 25.7 Å². The van der Waals surface area contributed by atoms with Gasteiger partial charge in [-0.05, 0) is 30.0 Å². The molecule has 0 radical (unpaired) electrons. The van der Waals surface area contributed by atoms with Gasteiger partial charge in [-0.15, -0.1) is 0 Å². The molecule has 0 spiro atoms. The van der Waals surface area contributed by atoms with Gasteiger partial charge in [-0.1, -0.05) is 66.5 Å². The molecule has 0 aliphatic carbocycles. The Kier molecular flexibility index (Phi) is 8.16. The normalized spacial score (nSPS) is 12.4. The Hall–Kier alpha value is -1.76. The van der Waals surface area contributed by atoms with E-state index in [0.29, 0.717) is 18.7 Å². The molecule has 0 saturated heterocycles. The van der Waals surface area contributed by atoms with Gasteiger partial charge in [0.25, 0.3) is 0 Å². The van der Waals surface area contributed by atoms with E-state index in [9.17, 15) is 13.2 Å². The van der Waals surface area contributed by atoms with Crippen LogP contribution < -0.4 is 9.62 Å². The highest BCUT2D eigenvalue weighted by Crippen LogP contribution is 2.33. The zero-order chi connectivity index (χ0) is 20.7. The lowest BCUT2D eigenvalue weighted by molar-refractivity contribution is -0.121. The van der Waals surface area contributed by atoms with Gasteiger partial charge < -0.3 is 5.32 Å². The number of rotatable bonds is 9. The van der Waals surface area contributed by atoms with Crippen molar-refractivity contribution in [1.29, 1.82) is 0 Å². The van der Waals surface area contributed by atoms with Crippen LogP contribution in [0.3, 0.4) is 0 Å². The molecule has 8 heteroatoms. The van der Waals surface area contributed by atoms with Gasteiger partial charge in [0.15, 0.2) is 0 Å². The minimum atomic E-state index is -3.56. The number of amides is 1. The summed E-state index contributed by atoms with van der Waals surface area (Å²) in [6, 6.07) is 14.8. The number of benzene rings is 2. The van der Waals surface area contributed by atoms with Crippen LogP contribution in [0.15, 0.2) is 48.5 Å². The maximum absolute atomic E-state index is 12.2. The molecule has 0 fully saturated rings. The Balaban J connectivity index is 1.90. The summed E-state index contributed by atoms with van der Waals surface area (Å²) in [6.45, 7) is 2.71. The first-order valence-corrected chi connectivity index (χ1v) is 11.5. The molecule has 2 aromatic carbocycles. The summed E-state index contributed by atoms with van der Waals surface area (Å²) in [5.41, 5.74) is 1.47. The second-order valence-electron chi connectivity index (χ2n) is 6.63. The molecule has 1 amide bonds. The molecule has 0 aliphatic heterocycles. The molecule has 2 rings (SSSR count). The van der Waals surface area contributed by atoms with Crippen molar-refractivity contribution >= 4 is 44.8 Å². The highest BCUT2D eigenvalue weighted by atomic mass is 35.5. The van der Waals surface area contributed by atoms with Crippen LogP contribution in [-0.4, -0.2) is 33.7 Å². The van der Waals surface area contributed by atoms with Crippen molar-refractivity contribution in [3.05, 3.63) is 64.1 Å². The first kappa shape index (κ1) is 22.5. The highest BCUT2D eigenvalue weighted by molar-refractivity contribution is 7.92. The Morgan fingerprint density at radius 2 is 1.79 bits per heavy atom. The molecule has 0 unspecified atom stereocenters. The second-order valence-corrected chi connectivity index (χ2v) is 9.32. The van der Waals surface area contributed by atoms with Crippen LogP contribution in [0, 0.1) is 0 Å². The van der Waals surface area contributed by atoms with E-state index in [2.05, 4.69) is 5.32 Å². The summed E-state index contributed by atoms with van der Waals surface area (Å²) in [5.74, 6) is 0.0800. The second kappa shape index (κ2) is 10.1. The zero-order valence-corrected chi connectivity index (χ0v) is 18.2. The van der Waals surface area contributed by atoms with Crippen molar-refractivity contribution in [2.75, 3.05) is 23.7 Å². The quantitative estimate of drug-likeness (QED) is 0.623. The lowest BCUT2D eigenvalue weighted by Crippen LogP contribution is -2.33. The van der Waals surface area contributed by atoms with Gasteiger partial charge in [0.2, 0.25) is 15.9 Å². The van der Waals surface area contributed by atoms with E-state index in [0.717, 1.165) is 11.8 Å². The fraction of sp³-hybridized carbons (Fsp3) is 0.350. The molecule has 152 valence electrons. The Morgan fingerprint density at radius 3 is 2.43 bits per heavy atom. The average Bonchev–Trinajstić information content (AvgIpc) is 2.65. The van der Waals surface area contributed by atoms with E-state index >= 15 is 0 Å². The minimum absolute atomic E-state index is 0.117. The van der Waals surface area contributed by atoms with E-state index in [1.165, 1.54) is 4.31 Å². The molecular formula is C20H24Cl2N2O3S. The van der Waals surface area contributed by atoms with E-state index in [1.54, 1.807) is 18.2 Å². The first-order chi connectivity index (χ1) is 13.2. The maximum Gasteiger partial charge on any atom is 0.232 e. The van der Waals surface area contributed by atoms with Crippen molar-refractivity contribution in [2.24, 2.45) is 0 Å². The Morgan fingerprint density at radius 1 is 1.11 bits per heavy atom. The fourth-order valence-corrected chi connectivity index (χ4v) is 4.21. The number of carbonyl (C=O) groups is 1. The third kappa shape index (κ3) is 6.40. The lowest BCUT2D eigenvalue weighted by Gasteiger charge is -2.23. The molecule has 0 aliphatic rings. The first-order valence-electron chi connectivity index (χ1n) is 8.93. The Labute approximate surface area is 176 Å². The van der Waals surface area contributed by atoms with Gasteiger partial charge in [-0.25, -0.2) is 8.42 Å². The minimum Gasteiger partial charge on any atom is -0.356 e. The van der Waals surface area contributed by atoms with Crippen LogP contribution in [0.4, 0.5) is 5.69 Å². The van der Waals surface area contributed by atoms with Crippen LogP contribution >= 0.6 is 23.2 Å². The number of hydrogen-bond acceptors (Lipinski definition) is 3. The number of carbonyl (C=O) groups excluding carboxylic acids is 1. The summed E-state index contributed by atoms with van der Waals surface area (Å²) >= 11 is 12.2. The Bertz CT molecular complexity index is 905. The van der Waals surface area contributed by atoms with Crippen LogP contribution in [0.25, 0.3) is 0 Å². The van der Waals surface area contributed by atoms with Crippen molar-refractivity contribution in [3.8, 4) is 0 Å². The van der Waals surface area contributed by atoms with Crippen LogP contribution in [-0.2, 0) is 14.8 Å². The SMILES string of the molecule is C[C@H](CNC(=O)CCCN(c1cccc(Cl)c1Cl)S(C)(=O)=O)c1ccccc1. The van der Waals surface area contributed by atoms with Crippen LogP contribution in [0.5, 0.6) is 0 Å². The molecule has 1 atom stereocenters. The number of sulfonamides is 1. The lowest BCUT2D eigenvalue weighted by atomic mass is 10.0. The van der Waals surface area contributed by atoms with Gasteiger partial charge in [0, 0.05) is 19.5 Å². The van der Waals surface area contributed by atoms with Gasteiger partial charge in [-0.2, -0.15) is 0 Å². The molecule has 1 N–H and O–H groups in total. The molecule has 2 aromatic rings. The van der Waals surface area contributed by atoms with Crippen molar-refractivity contribution < 1.29 is 13.2 Å². The number of nitrogens with zero attached hydrogens (tertiary/aromatic N) is 1. The molecule has 0 heterocycles. The molecule has 5 nitrogen and oxygen atoms in total. The summed E-state index contributed by atoms with van der Waals surface area (Å²) in [7, 11) is -3.56. The van der Waals surface area contributed by atoms with Crippen LogP contribution in [0.2, 0.25) is 10.0 Å². The molecular weight excluding hydrogens is 419 g/mol. The van der Waals surface area contributed by atoms with E-state index in [4.69, 9.17) is 23.2 Å². The maximum atomic E-state index is 12.2. The zero-order valence-electron chi connectivity index (χ0n) is 15.9. The third-order valence-corrected chi connectivity index (χ3v) is 6.33. The van der Waals surface area contributed by atoms with Gasteiger partial charge in [0.1, 0.15) is 0 Å². The predicted molar refractivity (Wildman–Crippen MR) is 116 cm³/mol. The molecule has 0 bridgehead atoms. The van der Waals surface area contributed by atoms with Gasteiger partial charge >= 0.3 is 0 Å². The predicted octanol–water partition coefficient (Wildman–Crippen LogP) is 4.46. The third-order valence-electron chi connectivity index (χ3n) is 4.34. The van der Waals surface area contributed by atoms with Crippen molar-refractivity contribution in [3.63, 3.8) is 0 Å². The summed E-state index contributed by atoms with van der Waals surface area (Å²) in [5, 5.41) is 3.35. The van der Waals surface area contributed by atoms with Gasteiger partial charge in [0.05, 0.1) is 22.0 Å². The smallest absolute Gasteiger partial charge is 0.232 e. The molecule has 0 aromatic heterocycles. The van der Waals surface area contributed by atoms with Gasteiger partial charge in [-0.3, -0.25) is 9.10 Å². The largest absolute Gasteiger partial charge is 0.356 e. The van der Waals surface area contributed by atoms with Crippen molar-refractivity contribution in [1.82, 2.24) is 5.32 Å². The fourth-order valence-electron chi connectivity index (χ4n) is 2.79. The topological polar surface area (TPSA) is 66.5 Å². The summed E-state index contributed by atoms with van der Waals surface area (Å²) < 4.78 is 25.5. The van der Waals surface area contributed by atoms with Crippen LogP contribution in [0.1, 0.15) is 31.2 Å². The number of hydrogen-bond donors (Lipinski definition) is 1. The number of halogens is 2. The molecule has 28 heavy (non-hydrogen) atoms. The number of anilines is 1. The molecule has 0 saturated carbocycles. The standard InChI is InChI=1S/C20H24Cl2N2O3S/c1-15(16-8-4-3-5-9-16)14-23-19(25)12-7-13-24(28(2,26)27)18-11-6-10-17(21)20(18)22/h3-6,8-11,15H,7,12-14H2,1-2H3,(H,23,25)/t15-/m1/s1. The summed E-state index contributed by atoms with van der Waals surface area (Å²) in [6.07, 6.45) is 1.68. The monoisotopic (exact) mass is 442 g/mol. The van der Waals surface area contributed by atoms with E-state index < -0.39 is 10.0 Å². The van der Waals surface area contributed by atoms with E-state index in [-0.39, 0.29) is 34.8 Å². The average molecular weight is 443 g/mol. The van der Waals surface area contributed by atoms with E-state index in [1.807, 2.05) is 37.3 Å². The highest BCUT2D eigenvalue weighted by Gasteiger charge is 2.21.